The van der Waals surface area contributed by atoms with Crippen LogP contribution >= 0.6 is 0 Å². The zero-order valence-electron chi connectivity index (χ0n) is 30.5. The van der Waals surface area contributed by atoms with Gasteiger partial charge in [-0.25, -0.2) is 0 Å². The van der Waals surface area contributed by atoms with Crippen LogP contribution in [0.25, 0.3) is 55.9 Å². The fourth-order valence-electron chi connectivity index (χ4n) is 7.41. The molecule has 0 N–H and O–H groups in total. The maximum absolute atomic E-state index is 9.00. The monoisotopic (exact) mass is 852 g/mol. The van der Waals surface area contributed by atoms with Crippen LogP contribution in [0.3, 0.4) is 0 Å². The van der Waals surface area contributed by atoms with Crippen molar-refractivity contribution in [2.75, 3.05) is 0 Å². The van der Waals surface area contributed by atoms with E-state index in [2.05, 4.69) is 139 Å². The van der Waals surface area contributed by atoms with Crippen LogP contribution in [0.2, 0.25) is 0 Å². The summed E-state index contributed by atoms with van der Waals surface area (Å²) in [6.45, 7) is 2.19. The summed E-state index contributed by atoms with van der Waals surface area (Å²) in [5.74, 6) is -0.439. The van der Waals surface area contributed by atoms with Crippen molar-refractivity contribution in [3.63, 3.8) is 0 Å². The van der Waals surface area contributed by atoms with Gasteiger partial charge in [-0.15, -0.1) is 65.2 Å². The molecule has 3 heteroatoms. The minimum atomic E-state index is -0.439. The molecule has 0 saturated heterocycles. The molecule has 52 heavy (non-hydrogen) atoms. The van der Waals surface area contributed by atoms with Gasteiger partial charge in [-0.2, -0.15) is 0 Å². The van der Waals surface area contributed by atoms with E-state index < -0.39 is 5.89 Å². The van der Waals surface area contributed by atoms with Crippen molar-refractivity contribution in [1.29, 1.82) is 0 Å². The first-order valence-corrected chi connectivity index (χ1v) is 18.2. The molecule has 259 valence electrons. The van der Waals surface area contributed by atoms with E-state index >= 15 is 0 Å². The Bertz CT molecular complexity index is 2270. The van der Waals surface area contributed by atoms with Crippen LogP contribution in [-0.4, -0.2) is 9.97 Å². The maximum Gasteiger partial charge on any atom is 0.0352 e. The van der Waals surface area contributed by atoms with E-state index in [4.69, 9.17) is 6.35 Å². The van der Waals surface area contributed by atoms with E-state index in [-0.39, 0.29) is 20.1 Å². The van der Waals surface area contributed by atoms with Gasteiger partial charge in [0.1, 0.15) is 0 Å². The molecule has 0 aliphatic heterocycles. The molecule has 1 aliphatic rings. The van der Waals surface area contributed by atoms with E-state index in [0.717, 1.165) is 83.3 Å². The van der Waals surface area contributed by atoms with Crippen molar-refractivity contribution >= 4 is 0 Å². The number of hydrogen-bond donors (Lipinski definition) is 0. The Kier molecular flexibility index (Phi) is 10.9. The summed E-state index contributed by atoms with van der Waals surface area (Å²) in [7, 11) is 0. The van der Waals surface area contributed by atoms with Crippen molar-refractivity contribution in [1.82, 2.24) is 9.97 Å². The number of aromatic nitrogens is 2. The van der Waals surface area contributed by atoms with Gasteiger partial charge in [0, 0.05) is 33.9 Å². The zero-order chi connectivity index (χ0) is 35.3. The number of hydrogen-bond acceptors (Lipinski definition) is 2. The molecular weight excluding hydrogens is 809 g/mol. The van der Waals surface area contributed by atoms with Gasteiger partial charge in [-0.05, 0) is 89.0 Å². The fraction of sp³-hybridized carbons (Fsp3) is 0.184. The summed E-state index contributed by atoms with van der Waals surface area (Å²) in [6, 6.07) is 54.2. The Balaban J connectivity index is 0.00000435. The molecule has 0 atom stereocenters. The molecule has 0 unspecified atom stereocenters. The molecule has 0 spiro atoms. The van der Waals surface area contributed by atoms with Crippen LogP contribution in [0.5, 0.6) is 0 Å². The second-order valence-electron chi connectivity index (χ2n) is 13.7. The molecular formula is C49H42IrN2-2. The van der Waals surface area contributed by atoms with Gasteiger partial charge < -0.3 is 9.97 Å². The Hall–Kier alpha value is -4.95. The normalized spacial score (nSPS) is 13.9. The maximum atomic E-state index is 9.00. The smallest absolute Gasteiger partial charge is 0.0352 e. The van der Waals surface area contributed by atoms with Crippen LogP contribution in [0.1, 0.15) is 61.6 Å². The minimum Gasteiger partial charge on any atom is -0.305 e. The van der Waals surface area contributed by atoms with Crippen molar-refractivity contribution in [3.05, 3.63) is 180 Å². The SMILES string of the molecule is [2H]C1(c2ccc(-c3ccnc(-c4[c-]cc(-c5ccccc5-c5cc(C)cc(CCc6c[c-]c(-c7ccccn7)cc6)c5)cc4)c3)cc2)CCCCC1.[Ir]. The van der Waals surface area contributed by atoms with Crippen LogP contribution in [-0.2, 0) is 32.9 Å². The first-order valence-electron chi connectivity index (χ1n) is 18.7. The summed E-state index contributed by atoms with van der Waals surface area (Å²) in [4.78, 5) is 9.17. The molecule has 0 bridgehead atoms. The van der Waals surface area contributed by atoms with E-state index in [1.54, 1.807) is 0 Å². The molecule has 1 saturated carbocycles. The number of nitrogens with zero attached hydrogens (tertiary/aromatic N) is 2. The summed E-state index contributed by atoms with van der Waals surface area (Å²) >= 11 is 0. The topological polar surface area (TPSA) is 25.8 Å². The molecule has 7 aromatic rings. The zero-order valence-corrected chi connectivity index (χ0v) is 31.9. The molecule has 5 aromatic carbocycles. The van der Waals surface area contributed by atoms with Crippen molar-refractivity contribution in [3.8, 4) is 55.9 Å². The Morgan fingerprint density at radius 3 is 2.00 bits per heavy atom. The number of rotatable bonds is 9. The molecule has 2 nitrogen and oxygen atoms in total. The van der Waals surface area contributed by atoms with Crippen LogP contribution in [0.15, 0.2) is 146 Å². The summed E-state index contributed by atoms with van der Waals surface area (Å²) in [6.07, 6.45) is 11.1. The molecule has 1 fully saturated rings. The molecule has 1 radical (unpaired) electrons. The summed E-state index contributed by atoms with van der Waals surface area (Å²) in [5, 5.41) is 0. The fourth-order valence-corrected chi connectivity index (χ4v) is 7.41. The van der Waals surface area contributed by atoms with Gasteiger partial charge in [0.25, 0.3) is 0 Å². The van der Waals surface area contributed by atoms with Crippen molar-refractivity contribution in [2.45, 2.75) is 57.8 Å². The van der Waals surface area contributed by atoms with E-state index in [1.807, 2.05) is 30.6 Å². The van der Waals surface area contributed by atoms with E-state index in [1.165, 1.54) is 39.8 Å². The van der Waals surface area contributed by atoms with Gasteiger partial charge in [0.05, 0.1) is 0 Å². The summed E-state index contributed by atoms with van der Waals surface area (Å²) in [5.41, 5.74) is 15.9. The Labute approximate surface area is 323 Å². The van der Waals surface area contributed by atoms with Crippen LogP contribution in [0, 0.1) is 19.1 Å². The summed E-state index contributed by atoms with van der Waals surface area (Å²) < 4.78 is 9.00. The first kappa shape index (κ1) is 34.2. The average molecular weight is 852 g/mol. The third kappa shape index (κ3) is 8.23. The first-order chi connectivity index (χ1) is 25.5. The van der Waals surface area contributed by atoms with Crippen LogP contribution in [0.4, 0.5) is 0 Å². The third-order valence-electron chi connectivity index (χ3n) is 10.1. The second kappa shape index (κ2) is 16.6. The average Bonchev–Trinajstić information content (AvgIpc) is 3.21. The minimum absolute atomic E-state index is 0. The largest absolute Gasteiger partial charge is 0.305 e. The molecule has 1 aliphatic carbocycles. The van der Waals surface area contributed by atoms with E-state index in [0.29, 0.717) is 0 Å². The van der Waals surface area contributed by atoms with Crippen molar-refractivity contribution in [2.24, 2.45) is 0 Å². The number of pyridine rings is 2. The predicted molar refractivity (Wildman–Crippen MR) is 211 cm³/mol. The van der Waals surface area contributed by atoms with Gasteiger partial charge >= 0.3 is 0 Å². The molecule has 8 rings (SSSR count). The van der Waals surface area contributed by atoms with Gasteiger partial charge in [0.15, 0.2) is 0 Å². The molecule has 0 amide bonds. The standard InChI is InChI=1S/C49H42N2.Ir/c1-35-31-37(15-14-36-16-18-42(19-17-36)48-13-7-8-29-50-48)33-45(32-35)47-12-6-5-11-46(47)41-24-26-43(27-25-41)49-34-44(28-30-51-49)40-22-20-39(21-23-40)38-9-3-2-4-10-38;/h5-8,11-13,16-18,20-26,28-34,38H,2-4,9-10,14-15H2,1H3;/q-2;/i38D;. The predicted octanol–water partition coefficient (Wildman–Crippen LogP) is 12.6. The van der Waals surface area contributed by atoms with Gasteiger partial charge in [-0.3, -0.25) is 0 Å². The Morgan fingerprint density at radius 2 is 1.27 bits per heavy atom. The van der Waals surface area contributed by atoms with Gasteiger partial charge in [0.2, 0.25) is 0 Å². The molecule has 2 heterocycles. The quantitative estimate of drug-likeness (QED) is 0.135. The van der Waals surface area contributed by atoms with Crippen molar-refractivity contribution < 1.29 is 21.5 Å². The van der Waals surface area contributed by atoms with Crippen LogP contribution < -0.4 is 0 Å². The number of aryl methyl sites for hydroxylation is 3. The number of benzene rings is 5. The van der Waals surface area contributed by atoms with Gasteiger partial charge in [-0.1, -0.05) is 127 Å². The van der Waals surface area contributed by atoms with E-state index in [9.17, 15) is 0 Å². The third-order valence-corrected chi connectivity index (χ3v) is 10.1. The Morgan fingerprint density at radius 1 is 0.577 bits per heavy atom. The molecule has 2 aromatic heterocycles. The second-order valence-corrected chi connectivity index (χ2v) is 13.7.